The van der Waals surface area contributed by atoms with Crippen LogP contribution in [0.25, 0.3) is 0 Å². The van der Waals surface area contributed by atoms with E-state index in [1.54, 1.807) is 18.2 Å². The number of halogens is 1. The molecule has 1 aliphatic rings. The maximum absolute atomic E-state index is 11.6. The monoisotopic (exact) mass is 240 g/mol. The van der Waals surface area contributed by atoms with Gasteiger partial charge >= 0.3 is 0 Å². The highest BCUT2D eigenvalue weighted by molar-refractivity contribution is 9.10. The maximum Gasteiger partial charge on any atom is 0.169 e. The summed E-state index contributed by atoms with van der Waals surface area (Å²) in [6.07, 6.45) is 1.93. The summed E-state index contributed by atoms with van der Waals surface area (Å²) in [6.45, 7) is 0. The minimum atomic E-state index is 0.0683. The maximum atomic E-state index is 11.6. The molecule has 1 aromatic carbocycles. The second-order valence-corrected chi connectivity index (χ2v) is 4.22. The second kappa shape index (κ2) is 3.14. The fourth-order valence-corrected chi connectivity index (χ4v) is 1.63. The summed E-state index contributed by atoms with van der Waals surface area (Å²) in [5.41, 5.74) is 0.442. The van der Waals surface area contributed by atoms with Gasteiger partial charge in [-0.1, -0.05) is 15.9 Å². The van der Waals surface area contributed by atoms with Gasteiger partial charge in [-0.05, 0) is 31.0 Å². The van der Waals surface area contributed by atoms with Crippen LogP contribution in [0.15, 0.2) is 22.7 Å². The van der Waals surface area contributed by atoms with Crippen molar-refractivity contribution in [1.29, 1.82) is 0 Å². The van der Waals surface area contributed by atoms with Crippen LogP contribution in [0.2, 0.25) is 0 Å². The van der Waals surface area contributed by atoms with Crippen LogP contribution >= 0.6 is 15.9 Å². The zero-order valence-corrected chi connectivity index (χ0v) is 8.54. The summed E-state index contributed by atoms with van der Waals surface area (Å²) >= 11 is 3.27. The van der Waals surface area contributed by atoms with Crippen molar-refractivity contribution in [3.05, 3.63) is 28.2 Å². The molecule has 0 saturated heterocycles. The number of carbonyl (C=O) groups is 1. The molecule has 0 radical (unpaired) electrons. The minimum absolute atomic E-state index is 0.0683. The molecule has 1 aromatic rings. The first-order valence-corrected chi connectivity index (χ1v) is 5.00. The fourth-order valence-electron chi connectivity index (χ4n) is 1.27. The molecule has 2 rings (SSSR count). The van der Waals surface area contributed by atoms with Gasteiger partial charge in [0.25, 0.3) is 0 Å². The molecule has 3 heteroatoms. The summed E-state index contributed by atoms with van der Waals surface area (Å²) in [6, 6.07) is 4.94. The molecule has 2 nitrogen and oxygen atoms in total. The molecule has 1 aliphatic carbocycles. The summed E-state index contributed by atoms with van der Waals surface area (Å²) < 4.78 is 0.828. The van der Waals surface area contributed by atoms with E-state index in [2.05, 4.69) is 15.9 Å². The fraction of sp³-hybridized carbons (Fsp3) is 0.300. The van der Waals surface area contributed by atoms with Gasteiger partial charge in [-0.25, -0.2) is 0 Å². The summed E-state index contributed by atoms with van der Waals surface area (Å²) in [7, 11) is 0. The molecule has 0 amide bonds. The first kappa shape index (κ1) is 8.75. The Kier molecular flexibility index (Phi) is 2.12. The first-order valence-electron chi connectivity index (χ1n) is 4.21. The van der Waals surface area contributed by atoms with Crippen LogP contribution in [-0.4, -0.2) is 10.9 Å². The van der Waals surface area contributed by atoms with E-state index in [1.807, 2.05) is 0 Å². The van der Waals surface area contributed by atoms with Crippen LogP contribution in [0, 0.1) is 5.92 Å². The molecule has 0 heterocycles. The standard InChI is InChI=1S/C10H9BrO2/c11-7-3-4-9(12)8(5-7)10(13)6-1-2-6/h3-6,12H,1-2H2. The third-order valence-corrected chi connectivity index (χ3v) is 2.67. The zero-order chi connectivity index (χ0) is 9.42. The van der Waals surface area contributed by atoms with Crippen LogP contribution < -0.4 is 0 Å². The van der Waals surface area contributed by atoms with Gasteiger partial charge in [0.05, 0.1) is 5.56 Å². The Morgan fingerprint density at radius 3 is 2.77 bits per heavy atom. The average Bonchev–Trinajstić information content (AvgIpc) is 2.91. The van der Waals surface area contributed by atoms with Crippen LogP contribution in [0.5, 0.6) is 5.75 Å². The topological polar surface area (TPSA) is 37.3 Å². The molecule has 0 spiro atoms. The summed E-state index contributed by atoms with van der Waals surface area (Å²) in [5.74, 6) is 0.305. The van der Waals surface area contributed by atoms with Crippen molar-refractivity contribution >= 4 is 21.7 Å². The van der Waals surface area contributed by atoms with Gasteiger partial charge in [0.2, 0.25) is 0 Å². The molecule has 1 saturated carbocycles. The van der Waals surface area contributed by atoms with Gasteiger partial charge in [0.1, 0.15) is 5.75 Å². The highest BCUT2D eigenvalue weighted by atomic mass is 79.9. The van der Waals surface area contributed by atoms with Crippen molar-refractivity contribution < 1.29 is 9.90 Å². The lowest BCUT2D eigenvalue weighted by Gasteiger charge is -2.02. The van der Waals surface area contributed by atoms with Crippen molar-refractivity contribution in [3.8, 4) is 5.75 Å². The molecule has 1 fully saturated rings. The minimum Gasteiger partial charge on any atom is -0.507 e. The van der Waals surface area contributed by atoms with Gasteiger partial charge in [-0.15, -0.1) is 0 Å². The van der Waals surface area contributed by atoms with Crippen molar-refractivity contribution in [2.75, 3.05) is 0 Å². The third kappa shape index (κ3) is 1.75. The zero-order valence-electron chi connectivity index (χ0n) is 6.96. The number of hydrogen-bond donors (Lipinski definition) is 1. The van der Waals surface area contributed by atoms with E-state index in [0.717, 1.165) is 17.3 Å². The number of Topliss-reactive ketones (excluding diaryl/α,β-unsaturated/α-hetero) is 1. The molecule has 0 atom stereocenters. The van der Waals surface area contributed by atoms with E-state index in [0.29, 0.717) is 5.56 Å². The highest BCUT2D eigenvalue weighted by Crippen LogP contribution is 2.35. The summed E-state index contributed by atoms with van der Waals surface area (Å²) in [4.78, 5) is 11.6. The lowest BCUT2D eigenvalue weighted by Crippen LogP contribution is -2.01. The van der Waals surface area contributed by atoms with Crippen LogP contribution in [-0.2, 0) is 0 Å². The van der Waals surface area contributed by atoms with Crippen LogP contribution in [0.3, 0.4) is 0 Å². The lowest BCUT2D eigenvalue weighted by molar-refractivity contribution is 0.0965. The number of phenols is 1. The summed E-state index contributed by atoms with van der Waals surface area (Å²) in [5, 5.41) is 9.44. The highest BCUT2D eigenvalue weighted by Gasteiger charge is 2.31. The van der Waals surface area contributed by atoms with Crippen LogP contribution in [0.1, 0.15) is 23.2 Å². The Labute approximate surface area is 84.7 Å². The lowest BCUT2D eigenvalue weighted by atomic mass is 10.1. The van der Waals surface area contributed by atoms with Crippen molar-refractivity contribution in [2.24, 2.45) is 5.92 Å². The molecule has 68 valence electrons. The number of aromatic hydroxyl groups is 1. The number of benzene rings is 1. The molecule has 1 N–H and O–H groups in total. The molecule has 0 unspecified atom stereocenters. The smallest absolute Gasteiger partial charge is 0.169 e. The Morgan fingerprint density at radius 2 is 2.15 bits per heavy atom. The first-order chi connectivity index (χ1) is 6.18. The van der Waals surface area contributed by atoms with Gasteiger partial charge in [0.15, 0.2) is 5.78 Å². The van der Waals surface area contributed by atoms with Crippen molar-refractivity contribution in [3.63, 3.8) is 0 Å². The van der Waals surface area contributed by atoms with Crippen molar-refractivity contribution in [2.45, 2.75) is 12.8 Å². The Bertz CT molecular complexity index is 356. The second-order valence-electron chi connectivity index (χ2n) is 3.30. The van der Waals surface area contributed by atoms with E-state index < -0.39 is 0 Å². The quantitative estimate of drug-likeness (QED) is 0.808. The number of phenolic OH excluding ortho intramolecular Hbond substituents is 1. The van der Waals surface area contributed by atoms with E-state index >= 15 is 0 Å². The number of rotatable bonds is 2. The van der Waals surface area contributed by atoms with E-state index in [9.17, 15) is 9.90 Å². The predicted octanol–water partition coefficient (Wildman–Crippen LogP) is 2.75. The predicted molar refractivity (Wildman–Crippen MR) is 52.9 cm³/mol. The van der Waals surface area contributed by atoms with Gasteiger partial charge in [-0.2, -0.15) is 0 Å². The average molecular weight is 241 g/mol. The van der Waals surface area contributed by atoms with E-state index in [4.69, 9.17) is 0 Å². The molecule has 0 aliphatic heterocycles. The Morgan fingerprint density at radius 1 is 1.46 bits per heavy atom. The van der Waals surface area contributed by atoms with E-state index in [-0.39, 0.29) is 17.5 Å². The van der Waals surface area contributed by atoms with Crippen molar-refractivity contribution in [1.82, 2.24) is 0 Å². The largest absolute Gasteiger partial charge is 0.507 e. The molecule has 0 bridgehead atoms. The third-order valence-electron chi connectivity index (χ3n) is 2.17. The van der Waals surface area contributed by atoms with Gasteiger partial charge < -0.3 is 5.11 Å². The van der Waals surface area contributed by atoms with Gasteiger partial charge in [-0.3, -0.25) is 4.79 Å². The number of ketones is 1. The van der Waals surface area contributed by atoms with Gasteiger partial charge in [0, 0.05) is 10.4 Å². The Hall–Kier alpha value is -0.830. The number of carbonyl (C=O) groups excluding carboxylic acids is 1. The molecule has 13 heavy (non-hydrogen) atoms. The normalized spacial score (nSPS) is 15.8. The Balaban J connectivity index is 2.37. The van der Waals surface area contributed by atoms with Crippen LogP contribution in [0.4, 0.5) is 0 Å². The number of hydrogen-bond acceptors (Lipinski definition) is 2. The molecular formula is C10H9BrO2. The molecule has 0 aromatic heterocycles. The molecular weight excluding hydrogens is 232 g/mol. The SMILES string of the molecule is O=C(c1cc(Br)ccc1O)C1CC1. The van der Waals surface area contributed by atoms with E-state index in [1.165, 1.54) is 0 Å².